The molecule has 0 aliphatic heterocycles. The molecule has 1 heterocycles. The molecule has 1 aliphatic carbocycles. The third-order valence-electron chi connectivity index (χ3n) is 2.54. The Labute approximate surface area is 88.2 Å². The highest BCUT2D eigenvalue weighted by Gasteiger charge is 2.10. The Kier molecular flexibility index (Phi) is 2.79. The third-order valence-corrected chi connectivity index (χ3v) is 3.54. The summed E-state index contributed by atoms with van der Waals surface area (Å²) in [5.74, 6) is 0. The highest BCUT2D eigenvalue weighted by Crippen LogP contribution is 2.30. The summed E-state index contributed by atoms with van der Waals surface area (Å²) in [6, 6.07) is 0. The number of thiazole rings is 1. The van der Waals surface area contributed by atoms with E-state index < -0.39 is 0 Å². The molecule has 1 aliphatic rings. The predicted octanol–water partition coefficient (Wildman–Crippen LogP) is 2.51. The van der Waals surface area contributed by atoms with Gasteiger partial charge in [0.15, 0.2) is 0 Å². The van der Waals surface area contributed by atoms with Crippen LogP contribution in [0.2, 0.25) is 0 Å². The van der Waals surface area contributed by atoms with Gasteiger partial charge >= 0.3 is 0 Å². The van der Waals surface area contributed by atoms with Gasteiger partial charge in [-0.1, -0.05) is 17.7 Å². The summed E-state index contributed by atoms with van der Waals surface area (Å²) in [6.07, 6.45) is 6.54. The maximum atomic E-state index is 5.59. The summed E-state index contributed by atoms with van der Waals surface area (Å²) in [6.45, 7) is 2.75. The van der Waals surface area contributed by atoms with Gasteiger partial charge in [-0.3, -0.25) is 0 Å². The zero-order valence-corrected chi connectivity index (χ0v) is 9.10. The lowest BCUT2D eigenvalue weighted by molar-refractivity contribution is 0.928. The fraction of sp³-hybridized carbons (Fsp3) is 0.364. The van der Waals surface area contributed by atoms with Crippen molar-refractivity contribution < 1.29 is 0 Å². The quantitative estimate of drug-likeness (QED) is 0.807. The highest BCUT2D eigenvalue weighted by atomic mass is 32.1. The summed E-state index contributed by atoms with van der Waals surface area (Å²) in [4.78, 5) is 5.59. The van der Waals surface area contributed by atoms with Crippen LogP contribution in [0.25, 0.3) is 5.57 Å². The number of allylic oxidation sites excluding steroid dienone is 3. The fourth-order valence-corrected chi connectivity index (χ4v) is 2.51. The largest absolute Gasteiger partial charge is 0.327 e. The van der Waals surface area contributed by atoms with Crippen LogP contribution in [-0.2, 0) is 0 Å². The normalized spacial score (nSPS) is 16.4. The van der Waals surface area contributed by atoms with Crippen LogP contribution in [0.15, 0.2) is 23.2 Å². The van der Waals surface area contributed by atoms with Gasteiger partial charge in [-0.25, -0.2) is 4.98 Å². The van der Waals surface area contributed by atoms with Crippen molar-refractivity contribution in [1.29, 1.82) is 0 Å². The van der Waals surface area contributed by atoms with E-state index in [2.05, 4.69) is 24.1 Å². The molecule has 2 N–H and O–H groups in total. The summed E-state index contributed by atoms with van der Waals surface area (Å²) in [7, 11) is 0. The maximum Gasteiger partial charge on any atom is 0.0801 e. The van der Waals surface area contributed by atoms with Crippen LogP contribution in [0, 0.1) is 6.92 Å². The number of aromatic nitrogens is 1. The van der Waals surface area contributed by atoms with Crippen LogP contribution >= 0.6 is 11.3 Å². The lowest BCUT2D eigenvalue weighted by Crippen LogP contribution is -2.05. The van der Waals surface area contributed by atoms with Crippen LogP contribution in [0.1, 0.15) is 23.4 Å². The van der Waals surface area contributed by atoms with E-state index in [1.807, 2.05) is 5.51 Å². The molecule has 0 spiro atoms. The van der Waals surface area contributed by atoms with Crippen molar-refractivity contribution in [2.45, 2.75) is 19.8 Å². The standard InChI is InChI=1S/C11H14N2S/c1-8-11(14-7-13-8)10-4-2-9(6-12)3-5-10/h2,4,7H,3,5-6,12H2,1H3. The zero-order valence-electron chi connectivity index (χ0n) is 8.29. The average Bonchev–Trinajstić information content (AvgIpc) is 2.65. The Morgan fingerprint density at radius 3 is 2.79 bits per heavy atom. The van der Waals surface area contributed by atoms with Crippen molar-refractivity contribution in [2.75, 3.05) is 6.54 Å². The second-order valence-electron chi connectivity index (χ2n) is 3.49. The van der Waals surface area contributed by atoms with Crippen molar-refractivity contribution in [2.24, 2.45) is 5.73 Å². The lowest BCUT2D eigenvalue weighted by Gasteiger charge is -2.12. The van der Waals surface area contributed by atoms with Crippen molar-refractivity contribution in [3.8, 4) is 0 Å². The Morgan fingerprint density at radius 2 is 2.29 bits per heavy atom. The molecule has 0 fully saturated rings. The van der Waals surface area contributed by atoms with E-state index >= 15 is 0 Å². The second kappa shape index (κ2) is 4.07. The molecule has 0 saturated heterocycles. The maximum absolute atomic E-state index is 5.59. The topological polar surface area (TPSA) is 38.9 Å². The Balaban J connectivity index is 2.26. The van der Waals surface area contributed by atoms with Gasteiger partial charge in [0.2, 0.25) is 0 Å². The van der Waals surface area contributed by atoms with Gasteiger partial charge in [-0.05, 0) is 25.3 Å². The first-order valence-corrected chi connectivity index (χ1v) is 5.68. The molecule has 3 heteroatoms. The number of nitrogens with zero attached hydrogens (tertiary/aromatic N) is 1. The molecule has 0 bridgehead atoms. The first-order chi connectivity index (χ1) is 6.81. The van der Waals surface area contributed by atoms with Crippen molar-refractivity contribution in [1.82, 2.24) is 4.98 Å². The molecular formula is C11H14N2S. The van der Waals surface area contributed by atoms with Crippen molar-refractivity contribution in [3.63, 3.8) is 0 Å². The fourth-order valence-electron chi connectivity index (χ4n) is 1.65. The minimum Gasteiger partial charge on any atom is -0.327 e. The number of nitrogens with two attached hydrogens (primary N) is 1. The van der Waals surface area contributed by atoms with Crippen LogP contribution < -0.4 is 5.73 Å². The third kappa shape index (κ3) is 1.79. The molecule has 2 rings (SSSR count). The number of hydrogen-bond acceptors (Lipinski definition) is 3. The highest BCUT2D eigenvalue weighted by molar-refractivity contribution is 7.10. The zero-order chi connectivity index (χ0) is 9.97. The van der Waals surface area contributed by atoms with Gasteiger partial charge in [0, 0.05) is 6.54 Å². The molecule has 0 radical (unpaired) electrons. The average molecular weight is 206 g/mol. The van der Waals surface area contributed by atoms with Gasteiger partial charge < -0.3 is 5.73 Å². The van der Waals surface area contributed by atoms with E-state index in [4.69, 9.17) is 5.73 Å². The summed E-state index contributed by atoms with van der Waals surface area (Å²) in [5, 5.41) is 0. The smallest absolute Gasteiger partial charge is 0.0801 e. The molecule has 0 saturated carbocycles. The van der Waals surface area contributed by atoms with E-state index in [0.29, 0.717) is 6.54 Å². The Morgan fingerprint density at radius 1 is 1.43 bits per heavy atom. The van der Waals surface area contributed by atoms with E-state index in [0.717, 1.165) is 18.5 Å². The first kappa shape index (κ1) is 9.62. The van der Waals surface area contributed by atoms with Crippen molar-refractivity contribution in [3.05, 3.63) is 33.8 Å². The molecular weight excluding hydrogens is 192 g/mol. The Bertz CT molecular complexity index is 388. The van der Waals surface area contributed by atoms with Gasteiger partial charge in [0.1, 0.15) is 0 Å². The Hall–Kier alpha value is -0.930. The molecule has 0 amide bonds. The monoisotopic (exact) mass is 206 g/mol. The number of rotatable bonds is 2. The molecule has 0 unspecified atom stereocenters. The van der Waals surface area contributed by atoms with E-state index in [-0.39, 0.29) is 0 Å². The van der Waals surface area contributed by atoms with E-state index in [1.54, 1.807) is 11.3 Å². The van der Waals surface area contributed by atoms with Crippen LogP contribution in [0.3, 0.4) is 0 Å². The number of hydrogen-bond donors (Lipinski definition) is 1. The SMILES string of the molecule is Cc1ncsc1C1=CC=C(CN)CC1. The molecule has 2 nitrogen and oxygen atoms in total. The van der Waals surface area contributed by atoms with Gasteiger partial charge in [0.25, 0.3) is 0 Å². The molecule has 0 aromatic carbocycles. The predicted molar refractivity (Wildman–Crippen MR) is 61.2 cm³/mol. The van der Waals surface area contributed by atoms with Gasteiger partial charge in [-0.2, -0.15) is 0 Å². The summed E-state index contributed by atoms with van der Waals surface area (Å²) < 4.78 is 0. The second-order valence-corrected chi connectivity index (χ2v) is 4.34. The summed E-state index contributed by atoms with van der Waals surface area (Å²) >= 11 is 1.72. The van der Waals surface area contributed by atoms with Crippen LogP contribution in [0.4, 0.5) is 0 Å². The molecule has 14 heavy (non-hydrogen) atoms. The van der Waals surface area contributed by atoms with Crippen molar-refractivity contribution >= 4 is 16.9 Å². The molecule has 74 valence electrons. The van der Waals surface area contributed by atoms with E-state index in [9.17, 15) is 0 Å². The first-order valence-electron chi connectivity index (χ1n) is 4.80. The van der Waals surface area contributed by atoms with Crippen LogP contribution in [-0.4, -0.2) is 11.5 Å². The van der Waals surface area contributed by atoms with E-state index in [1.165, 1.54) is 16.0 Å². The lowest BCUT2D eigenvalue weighted by atomic mass is 9.97. The minimum atomic E-state index is 0.686. The van der Waals surface area contributed by atoms with Gasteiger partial charge in [0.05, 0.1) is 16.1 Å². The van der Waals surface area contributed by atoms with Crippen LogP contribution in [0.5, 0.6) is 0 Å². The minimum absolute atomic E-state index is 0.686. The molecule has 0 atom stereocenters. The molecule has 1 aromatic rings. The van der Waals surface area contributed by atoms with Gasteiger partial charge in [-0.15, -0.1) is 11.3 Å². The number of aryl methyl sites for hydroxylation is 1. The molecule has 1 aromatic heterocycles. The summed E-state index contributed by atoms with van der Waals surface area (Å²) in [5.41, 5.74) is 11.4.